The zero-order valence-corrected chi connectivity index (χ0v) is 12.5. The van der Waals surface area contributed by atoms with Crippen LogP contribution in [0.2, 0.25) is 0 Å². The van der Waals surface area contributed by atoms with Crippen LogP contribution in [-0.4, -0.2) is 37.7 Å². The highest BCUT2D eigenvalue weighted by Gasteiger charge is 2.41. The number of hydrogen-bond acceptors (Lipinski definition) is 4. The van der Waals surface area contributed by atoms with Crippen molar-refractivity contribution in [2.24, 2.45) is 0 Å². The Balaban J connectivity index is 1.69. The zero-order chi connectivity index (χ0) is 14.6. The quantitative estimate of drug-likeness (QED) is 0.859. The van der Waals surface area contributed by atoms with E-state index in [0.29, 0.717) is 13.0 Å². The van der Waals surface area contributed by atoms with Crippen LogP contribution in [0.5, 0.6) is 0 Å². The molecule has 2 aliphatic heterocycles. The molecule has 2 aromatic rings. The minimum Gasteiger partial charge on any atom is -0.330 e. The van der Waals surface area contributed by atoms with Crippen LogP contribution in [0.4, 0.5) is 0 Å². The van der Waals surface area contributed by atoms with Crippen LogP contribution in [0.15, 0.2) is 16.9 Å². The van der Waals surface area contributed by atoms with Crippen molar-refractivity contribution in [1.82, 2.24) is 19.7 Å². The SMILES string of the molecule is Cc1ccc(C(=O)N2C3CCC2Cn2c(n[nH]c2=O)C3)s1. The van der Waals surface area contributed by atoms with Gasteiger partial charge in [0.2, 0.25) is 0 Å². The molecule has 4 heterocycles. The van der Waals surface area contributed by atoms with Crippen molar-refractivity contribution in [3.63, 3.8) is 0 Å². The molecule has 0 aromatic carbocycles. The number of nitrogens with one attached hydrogen (secondary N) is 1. The topological polar surface area (TPSA) is 71.0 Å². The monoisotopic (exact) mass is 304 g/mol. The third kappa shape index (κ3) is 1.95. The van der Waals surface area contributed by atoms with E-state index in [-0.39, 0.29) is 23.7 Å². The Hall–Kier alpha value is -1.89. The molecule has 0 radical (unpaired) electrons. The molecule has 0 spiro atoms. The van der Waals surface area contributed by atoms with Gasteiger partial charge in [-0.3, -0.25) is 9.36 Å². The number of carbonyl (C=O) groups excluding carboxylic acids is 1. The fraction of sp³-hybridized carbons (Fsp3) is 0.500. The van der Waals surface area contributed by atoms with E-state index in [9.17, 15) is 9.59 Å². The Morgan fingerprint density at radius 2 is 2.19 bits per heavy atom. The predicted octanol–water partition coefficient (Wildman–Crippen LogP) is 1.17. The van der Waals surface area contributed by atoms with Gasteiger partial charge in [-0.15, -0.1) is 11.3 Å². The van der Waals surface area contributed by atoms with E-state index in [4.69, 9.17) is 0 Å². The molecule has 0 saturated carbocycles. The Bertz CT molecular complexity index is 759. The maximum atomic E-state index is 12.8. The number of fused-ring (bicyclic) bond motifs is 3. The normalized spacial score (nSPS) is 24.0. The first-order valence-electron chi connectivity index (χ1n) is 7.16. The molecule has 6 nitrogen and oxygen atoms in total. The number of aromatic amines is 1. The number of amides is 1. The molecule has 2 unspecified atom stereocenters. The summed E-state index contributed by atoms with van der Waals surface area (Å²) in [5, 5.41) is 6.61. The van der Waals surface area contributed by atoms with E-state index >= 15 is 0 Å². The fourth-order valence-electron chi connectivity index (χ4n) is 3.46. The van der Waals surface area contributed by atoms with Gasteiger partial charge in [-0.2, -0.15) is 5.10 Å². The minimum atomic E-state index is -0.170. The number of hydrogen-bond donors (Lipinski definition) is 1. The molecule has 1 amide bonds. The average molecular weight is 304 g/mol. The van der Waals surface area contributed by atoms with Gasteiger partial charge >= 0.3 is 5.69 Å². The maximum Gasteiger partial charge on any atom is 0.343 e. The molecule has 0 aliphatic carbocycles. The van der Waals surface area contributed by atoms with Crippen LogP contribution in [0.1, 0.15) is 33.2 Å². The lowest BCUT2D eigenvalue weighted by Gasteiger charge is -2.27. The molecule has 110 valence electrons. The highest BCUT2D eigenvalue weighted by atomic mass is 32.1. The molecule has 1 fully saturated rings. The van der Waals surface area contributed by atoms with E-state index < -0.39 is 0 Å². The summed E-state index contributed by atoms with van der Waals surface area (Å²) in [5.74, 6) is 0.871. The van der Waals surface area contributed by atoms with E-state index in [0.717, 1.165) is 28.4 Å². The first-order chi connectivity index (χ1) is 10.1. The van der Waals surface area contributed by atoms with Crippen molar-refractivity contribution >= 4 is 17.2 Å². The van der Waals surface area contributed by atoms with Crippen LogP contribution in [0.25, 0.3) is 0 Å². The fourth-order valence-corrected chi connectivity index (χ4v) is 4.28. The molecule has 4 rings (SSSR count). The number of carbonyl (C=O) groups is 1. The Morgan fingerprint density at radius 3 is 2.95 bits per heavy atom. The van der Waals surface area contributed by atoms with Crippen LogP contribution in [0, 0.1) is 6.92 Å². The summed E-state index contributed by atoms with van der Waals surface area (Å²) in [7, 11) is 0. The van der Waals surface area contributed by atoms with Gasteiger partial charge in [0, 0.05) is 23.9 Å². The number of rotatable bonds is 1. The number of nitrogens with zero attached hydrogens (tertiary/aromatic N) is 3. The van der Waals surface area contributed by atoms with Crippen molar-refractivity contribution in [3.05, 3.63) is 38.2 Å². The smallest absolute Gasteiger partial charge is 0.330 e. The lowest BCUT2D eigenvalue weighted by atomic mass is 10.1. The van der Waals surface area contributed by atoms with E-state index in [1.165, 1.54) is 11.3 Å². The summed E-state index contributed by atoms with van der Waals surface area (Å²) in [6.45, 7) is 2.56. The highest BCUT2D eigenvalue weighted by molar-refractivity contribution is 7.13. The van der Waals surface area contributed by atoms with Crippen LogP contribution >= 0.6 is 11.3 Å². The zero-order valence-electron chi connectivity index (χ0n) is 11.7. The molecule has 2 aliphatic rings. The number of thiophene rings is 1. The minimum absolute atomic E-state index is 0.0986. The van der Waals surface area contributed by atoms with Crippen molar-refractivity contribution in [2.45, 2.75) is 44.8 Å². The second kappa shape index (κ2) is 4.56. The van der Waals surface area contributed by atoms with Crippen molar-refractivity contribution in [3.8, 4) is 0 Å². The second-order valence-electron chi connectivity index (χ2n) is 5.77. The molecule has 21 heavy (non-hydrogen) atoms. The number of H-pyrrole nitrogens is 1. The third-order valence-electron chi connectivity index (χ3n) is 4.45. The number of aromatic nitrogens is 3. The molecule has 2 aromatic heterocycles. The van der Waals surface area contributed by atoms with Crippen molar-refractivity contribution in [2.75, 3.05) is 0 Å². The molecule has 2 bridgehead atoms. The predicted molar refractivity (Wildman–Crippen MR) is 78.6 cm³/mol. The Morgan fingerprint density at radius 1 is 1.38 bits per heavy atom. The van der Waals surface area contributed by atoms with Crippen LogP contribution in [-0.2, 0) is 13.0 Å². The van der Waals surface area contributed by atoms with Gasteiger partial charge in [0.15, 0.2) is 0 Å². The largest absolute Gasteiger partial charge is 0.343 e. The Labute approximate surface area is 125 Å². The first kappa shape index (κ1) is 12.8. The first-order valence-corrected chi connectivity index (χ1v) is 7.98. The van der Waals surface area contributed by atoms with Gasteiger partial charge in [-0.05, 0) is 31.9 Å². The van der Waals surface area contributed by atoms with Gasteiger partial charge in [-0.1, -0.05) is 0 Å². The summed E-state index contributed by atoms with van der Waals surface area (Å²) in [6.07, 6.45) is 2.60. The Kier molecular flexibility index (Phi) is 2.78. The molecular formula is C14H16N4O2S. The standard InChI is InChI=1S/C14H16N4O2S/c1-8-2-5-11(21-8)13(19)18-9-3-4-10(18)7-17-12(6-9)15-16-14(17)20/h2,5,9-10H,3-4,6-7H2,1H3,(H,16,20). The van der Waals surface area contributed by atoms with Crippen molar-refractivity contribution < 1.29 is 4.79 Å². The lowest BCUT2D eigenvalue weighted by Crippen LogP contribution is -2.42. The summed E-state index contributed by atoms with van der Waals surface area (Å²) < 4.78 is 1.68. The van der Waals surface area contributed by atoms with Crippen LogP contribution < -0.4 is 5.69 Å². The molecular weight excluding hydrogens is 288 g/mol. The van der Waals surface area contributed by atoms with Crippen LogP contribution in [0.3, 0.4) is 0 Å². The summed E-state index contributed by atoms with van der Waals surface area (Å²) in [4.78, 5) is 28.5. The average Bonchev–Trinajstić information content (AvgIpc) is 3.09. The third-order valence-corrected chi connectivity index (χ3v) is 5.44. The second-order valence-corrected chi connectivity index (χ2v) is 7.06. The number of aryl methyl sites for hydroxylation is 1. The summed E-state index contributed by atoms with van der Waals surface area (Å²) in [5.41, 5.74) is -0.170. The van der Waals surface area contributed by atoms with Gasteiger partial charge in [0.05, 0.1) is 10.9 Å². The molecule has 1 N–H and O–H groups in total. The maximum absolute atomic E-state index is 12.8. The lowest BCUT2D eigenvalue weighted by molar-refractivity contribution is 0.0670. The van der Waals surface area contributed by atoms with E-state index in [1.807, 2.05) is 24.0 Å². The van der Waals surface area contributed by atoms with Crippen molar-refractivity contribution in [1.29, 1.82) is 0 Å². The summed E-state index contributed by atoms with van der Waals surface area (Å²) >= 11 is 1.54. The van der Waals surface area contributed by atoms with Gasteiger partial charge in [0.25, 0.3) is 5.91 Å². The molecule has 7 heteroatoms. The summed E-state index contributed by atoms with van der Waals surface area (Å²) in [6, 6.07) is 4.13. The van der Waals surface area contributed by atoms with Gasteiger partial charge in [-0.25, -0.2) is 9.89 Å². The van der Waals surface area contributed by atoms with E-state index in [1.54, 1.807) is 4.57 Å². The molecule has 1 saturated heterocycles. The van der Waals surface area contributed by atoms with E-state index in [2.05, 4.69) is 10.2 Å². The van der Waals surface area contributed by atoms with Gasteiger partial charge < -0.3 is 4.90 Å². The highest BCUT2D eigenvalue weighted by Crippen LogP contribution is 2.32. The van der Waals surface area contributed by atoms with Gasteiger partial charge in [0.1, 0.15) is 5.82 Å². The molecule has 2 atom stereocenters.